The highest BCUT2D eigenvalue weighted by Gasteiger charge is 2.07. The molecule has 0 spiro atoms. The lowest BCUT2D eigenvalue weighted by molar-refractivity contribution is 0.103. The molecule has 0 radical (unpaired) electrons. The molecule has 5 heteroatoms. The van der Waals surface area contributed by atoms with E-state index < -0.39 is 0 Å². The van der Waals surface area contributed by atoms with Crippen molar-refractivity contribution in [2.45, 2.75) is 20.4 Å². The van der Waals surface area contributed by atoms with E-state index >= 15 is 0 Å². The van der Waals surface area contributed by atoms with E-state index in [4.69, 9.17) is 22.2 Å². The van der Waals surface area contributed by atoms with Crippen molar-refractivity contribution in [3.05, 3.63) is 28.5 Å². The number of rotatable bonds is 5. The molecule has 0 amide bonds. The summed E-state index contributed by atoms with van der Waals surface area (Å²) >= 11 is 5.30. The van der Waals surface area contributed by atoms with E-state index in [-0.39, 0.29) is 0 Å². The van der Waals surface area contributed by atoms with Gasteiger partial charge >= 0.3 is 0 Å². The van der Waals surface area contributed by atoms with Crippen molar-refractivity contribution >= 4 is 23.3 Å². The monoisotopic (exact) mass is 275 g/mol. The molecule has 100 valence electrons. The van der Waals surface area contributed by atoms with Gasteiger partial charge in [-0.15, -0.1) is 0 Å². The van der Waals surface area contributed by atoms with Crippen LogP contribution in [-0.4, -0.2) is 22.8 Å². The van der Waals surface area contributed by atoms with Crippen LogP contribution in [0, 0.1) is 22.0 Å². The number of ether oxygens (including phenoxy) is 1. The van der Waals surface area contributed by atoms with Gasteiger partial charge in [0, 0.05) is 13.2 Å². The number of fused-ring (bicyclic) bond motifs is 1. The minimum Gasteiger partial charge on any atom is -0.379 e. The summed E-state index contributed by atoms with van der Waals surface area (Å²) in [5.41, 5.74) is 2.38. The van der Waals surface area contributed by atoms with Gasteiger partial charge < -0.3 is 14.3 Å². The Bertz CT molecular complexity index is 663. The van der Waals surface area contributed by atoms with Crippen molar-refractivity contribution in [3.63, 3.8) is 0 Å². The van der Waals surface area contributed by atoms with Gasteiger partial charge in [0.1, 0.15) is 6.07 Å². The molecule has 1 aromatic heterocycles. The van der Waals surface area contributed by atoms with Crippen molar-refractivity contribution in [1.82, 2.24) is 9.55 Å². The van der Waals surface area contributed by atoms with E-state index in [0.29, 0.717) is 29.4 Å². The number of aromatic amines is 1. The van der Waals surface area contributed by atoms with E-state index in [1.54, 1.807) is 6.07 Å². The van der Waals surface area contributed by atoms with E-state index in [1.807, 2.05) is 16.7 Å². The number of nitriles is 1. The van der Waals surface area contributed by atoms with Crippen LogP contribution in [0.15, 0.2) is 18.2 Å². The topological polar surface area (TPSA) is 53.7 Å². The fourth-order valence-electron chi connectivity index (χ4n) is 1.97. The van der Waals surface area contributed by atoms with Gasteiger partial charge in [-0.2, -0.15) is 5.26 Å². The molecule has 0 saturated carbocycles. The number of aromatic nitrogens is 2. The highest BCUT2D eigenvalue weighted by Crippen LogP contribution is 2.17. The first-order chi connectivity index (χ1) is 9.13. The first-order valence-corrected chi connectivity index (χ1v) is 6.73. The molecule has 1 N–H and O–H groups in total. The summed E-state index contributed by atoms with van der Waals surface area (Å²) in [6.07, 6.45) is 0. The third-order valence-electron chi connectivity index (χ3n) is 2.84. The van der Waals surface area contributed by atoms with Crippen molar-refractivity contribution in [3.8, 4) is 6.07 Å². The Morgan fingerprint density at radius 3 is 2.95 bits per heavy atom. The second-order valence-corrected chi connectivity index (χ2v) is 5.25. The average molecular weight is 275 g/mol. The second kappa shape index (κ2) is 6.00. The number of nitrogens with one attached hydrogen (secondary N) is 1. The highest BCUT2D eigenvalue weighted by molar-refractivity contribution is 7.71. The molecule has 0 bridgehead atoms. The molecule has 0 atom stereocenters. The first kappa shape index (κ1) is 13.8. The van der Waals surface area contributed by atoms with Gasteiger partial charge in [0.25, 0.3) is 0 Å². The van der Waals surface area contributed by atoms with Crippen LogP contribution >= 0.6 is 12.2 Å². The number of imidazole rings is 1. The van der Waals surface area contributed by atoms with Crippen molar-refractivity contribution < 1.29 is 4.74 Å². The van der Waals surface area contributed by atoms with E-state index in [0.717, 1.165) is 17.6 Å². The molecule has 0 unspecified atom stereocenters. The number of hydrogen-bond donors (Lipinski definition) is 1. The largest absolute Gasteiger partial charge is 0.379 e. The van der Waals surface area contributed by atoms with Gasteiger partial charge in [-0.1, -0.05) is 19.9 Å². The normalized spacial score (nSPS) is 11.1. The maximum absolute atomic E-state index is 9.07. The Hall–Kier alpha value is -1.64. The Labute approximate surface area is 117 Å². The van der Waals surface area contributed by atoms with Crippen LogP contribution in [0.2, 0.25) is 0 Å². The van der Waals surface area contributed by atoms with Crippen molar-refractivity contribution in [2.75, 3.05) is 13.2 Å². The summed E-state index contributed by atoms with van der Waals surface area (Å²) in [7, 11) is 0. The number of H-pyrrole nitrogens is 1. The molecule has 1 aromatic carbocycles. The summed E-state index contributed by atoms with van der Waals surface area (Å²) in [4.78, 5) is 3.10. The molecule has 0 aliphatic carbocycles. The van der Waals surface area contributed by atoms with E-state index in [2.05, 4.69) is 24.9 Å². The minimum absolute atomic E-state index is 0.529. The van der Waals surface area contributed by atoms with Crippen molar-refractivity contribution in [2.24, 2.45) is 5.92 Å². The number of nitrogens with zero attached hydrogens (tertiary/aromatic N) is 2. The Kier molecular flexibility index (Phi) is 4.35. The highest BCUT2D eigenvalue weighted by atomic mass is 32.1. The summed E-state index contributed by atoms with van der Waals surface area (Å²) in [5, 5.41) is 9.07. The zero-order chi connectivity index (χ0) is 13.8. The van der Waals surface area contributed by atoms with Gasteiger partial charge in [-0.3, -0.25) is 0 Å². The van der Waals surface area contributed by atoms with Crippen LogP contribution in [0.4, 0.5) is 0 Å². The number of hydrogen-bond acceptors (Lipinski definition) is 3. The van der Waals surface area contributed by atoms with Gasteiger partial charge in [-0.05, 0) is 30.3 Å². The van der Waals surface area contributed by atoms with Crippen LogP contribution in [0.3, 0.4) is 0 Å². The predicted molar refractivity (Wildman–Crippen MR) is 77.5 cm³/mol. The zero-order valence-corrected chi connectivity index (χ0v) is 12.0. The molecule has 1 heterocycles. The molecule has 4 nitrogen and oxygen atoms in total. The van der Waals surface area contributed by atoms with Crippen LogP contribution in [-0.2, 0) is 11.3 Å². The quantitative estimate of drug-likeness (QED) is 0.673. The van der Waals surface area contributed by atoms with Gasteiger partial charge in [0.15, 0.2) is 4.77 Å². The lowest BCUT2D eigenvalue weighted by Gasteiger charge is -2.08. The third-order valence-corrected chi connectivity index (χ3v) is 3.16. The molecule has 0 aliphatic rings. The maximum atomic E-state index is 9.07. The standard InChI is InChI=1S/C14H17N3OS/c1-10(2)9-18-7-6-17-12-5-3-4-11(8-15)13(12)16-14(17)19/h3-5,10H,6-7,9H2,1-2H3,(H,16,19). The van der Waals surface area contributed by atoms with Gasteiger partial charge in [0.05, 0.1) is 23.2 Å². The van der Waals surface area contributed by atoms with Crippen molar-refractivity contribution in [1.29, 1.82) is 5.26 Å². The Morgan fingerprint density at radius 2 is 2.26 bits per heavy atom. The molecule has 2 rings (SSSR count). The van der Waals surface area contributed by atoms with Crippen LogP contribution in [0.1, 0.15) is 19.4 Å². The lowest BCUT2D eigenvalue weighted by atomic mass is 10.2. The summed E-state index contributed by atoms with van der Waals surface area (Å²) in [6.45, 7) is 6.31. The molecule has 0 saturated heterocycles. The van der Waals surface area contributed by atoms with E-state index in [9.17, 15) is 0 Å². The number of para-hydroxylation sites is 1. The van der Waals surface area contributed by atoms with Crippen LogP contribution in [0.5, 0.6) is 0 Å². The average Bonchev–Trinajstić information content (AvgIpc) is 2.70. The first-order valence-electron chi connectivity index (χ1n) is 6.33. The van der Waals surface area contributed by atoms with Gasteiger partial charge in [0.2, 0.25) is 0 Å². The predicted octanol–water partition coefficient (Wildman–Crippen LogP) is 3.24. The van der Waals surface area contributed by atoms with Crippen LogP contribution in [0.25, 0.3) is 11.0 Å². The smallest absolute Gasteiger partial charge is 0.178 e. The fourth-order valence-corrected chi connectivity index (χ4v) is 2.26. The second-order valence-electron chi connectivity index (χ2n) is 4.86. The van der Waals surface area contributed by atoms with Crippen LogP contribution < -0.4 is 0 Å². The Balaban J connectivity index is 2.22. The summed E-state index contributed by atoms with van der Waals surface area (Å²) in [6, 6.07) is 7.79. The SMILES string of the molecule is CC(C)COCCn1c(=S)[nH]c2c(C#N)cccc21. The fraction of sp³-hybridized carbons (Fsp3) is 0.429. The third kappa shape index (κ3) is 3.03. The lowest BCUT2D eigenvalue weighted by Crippen LogP contribution is -2.09. The zero-order valence-electron chi connectivity index (χ0n) is 11.1. The molecule has 2 aromatic rings. The van der Waals surface area contributed by atoms with Gasteiger partial charge in [-0.25, -0.2) is 0 Å². The molecular formula is C14H17N3OS. The minimum atomic E-state index is 0.529. The molecule has 0 fully saturated rings. The number of benzene rings is 1. The Morgan fingerprint density at radius 1 is 1.47 bits per heavy atom. The molecular weight excluding hydrogens is 258 g/mol. The summed E-state index contributed by atoms with van der Waals surface area (Å²) in [5.74, 6) is 0.529. The maximum Gasteiger partial charge on any atom is 0.178 e. The van der Waals surface area contributed by atoms with E-state index in [1.165, 1.54) is 0 Å². The summed E-state index contributed by atoms with van der Waals surface area (Å²) < 4.78 is 8.19. The molecule has 0 aliphatic heterocycles. The molecule has 19 heavy (non-hydrogen) atoms.